The lowest BCUT2D eigenvalue weighted by Crippen LogP contribution is -2.09. The molecule has 210 valence electrons. The van der Waals surface area contributed by atoms with Gasteiger partial charge in [0.15, 0.2) is 0 Å². The van der Waals surface area contributed by atoms with E-state index in [1.807, 2.05) is 43.3 Å². The first kappa shape index (κ1) is 31.8. The summed E-state index contributed by atoms with van der Waals surface area (Å²) in [6.45, 7) is 5.64. The molecule has 0 bridgehead atoms. The molecule has 0 aliphatic heterocycles. The highest BCUT2D eigenvalue weighted by Crippen LogP contribution is 2.50. The van der Waals surface area contributed by atoms with E-state index in [0.29, 0.717) is 25.6 Å². The van der Waals surface area contributed by atoms with Gasteiger partial charge < -0.3 is 9.26 Å². The molecule has 2 aromatic carbocycles. The summed E-state index contributed by atoms with van der Waals surface area (Å²) >= 11 is 0. The van der Waals surface area contributed by atoms with Gasteiger partial charge in [-0.25, -0.2) is 4.57 Å². The van der Waals surface area contributed by atoms with Crippen LogP contribution in [0.1, 0.15) is 110 Å². The number of phosphoric ester groups is 1. The van der Waals surface area contributed by atoms with Gasteiger partial charge >= 0.3 is 7.82 Å². The second-order valence-corrected chi connectivity index (χ2v) is 11.4. The van der Waals surface area contributed by atoms with Crippen LogP contribution in [-0.2, 0) is 18.3 Å². The Labute approximate surface area is 226 Å². The summed E-state index contributed by atoms with van der Waals surface area (Å²) in [6, 6.07) is 13.5. The molecule has 6 heteroatoms. The number of rotatable bonds is 24. The second-order valence-electron chi connectivity index (χ2n) is 9.83. The molecule has 0 aliphatic rings. The van der Waals surface area contributed by atoms with Crippen molar-refractivity contribution in [3.05, 3.63) is 42.5 Å². The molecule has 1 atom stereocenters. The van der Waals surface area contributed by atoms with Crippen LogP contribution >= 0.6 is 7.82 Å². The Bertz CT molecular complexity index is 866. The Morgan fingerprint density at radius 1 is 0.595 bits per heavy atom. The summed E-state index contributed by atoms with van der Waals surface area (Å²) < 4.78 is 35.9. The summed E-state index contributed by atoms with van der Waals surface area (Å²) in [5.41, 5.74) is 0. The maximum absolute atomic E-state index is 13.4. The first-order valence-corrected chi connectivity index (χ1v) is 16.3. The fourth-order valence-electron chi connectivity index (χ4n) is 4.49. The van der Waals surface area contributed by atoms with Crippen LogP contribution in [0.4, 0.5) is 0 Å². The zero-order valence-electron chi connectivity index (χ0n) is 23.5. The Kier molecular flexibility index (Phi) is 17.7. The molecule has 0 saturated heterocycles. The van der Waals surface area contributed by atoms with Crippen LogP contribution in [0, 0.1) is 0 Å². The summed E-state index contributed by atoms with van der Waals surface area (Å²) in [5.74, 6) is 0.509. The third kappa shape index (κ3) is 14.4. The van der Waals surface area contributed by atoms with Gasteiger partial charge in [0.05, 0.1) is 19.8 Å². The van der Waals surface area contributed by atoms with Gasteiger partial charge in [0.25, 0.3) is 0 Å². The SMILES string of the molecule is CCCCCCCCCCCCCCCCCOP(=O)(OCCOCC)Oc1cccc2ccccc12. The minimum Gasteiger partial charge on any atom is -0.403 e. The van der Waals surface area contributed by atoms with Gasteiger partial charge in [-0.05, 0) is 24.8 Å². The van der Waals surface area contributed by atoms with E-state index in [9.17, 15) is 4.57 Å². The van der Waals surface area contributed by atoms with Crippen molar-refractivity contribution in [3.63, 3.8) is 0 Å². The molecule has 0 N–H and O–H groups in total. The molecule has 0 saturated carbocycles. The Balaban J connectivity index is 1.61. The molecular formula is C31H51O5P. The lowest BCUT2D eigenvalue weighted by molar-refractivity contribution is 0.0847. The molecule has 5 nitrogen and oxygen atoms in total. The maximum Gasteiger partial charge on any atom is 0.530 e. The molecule has 0 spiro atoms. The molecule has 0 aliphatic carbocycles. The summed E-state index contributed by atoms with van der Waals surface area (Å²) in [5, 5.41) is 1.90. The third-order valence-corrected chi connectivity index (χ3v) is 8.06. The monoisotopic (exact) mass is 534 g/mol. The summed E-state index contributed by atoms with van der Waals surface area (Å²) in [4.78, 5) is 0. The van der Waals surface area contributed by atoms with E-state index < -0.39 is 7.82 Å². The topological polar surface area (TPSA) is 54.0 Å². The molecule has 0 heterocycles. The fraction of sp³-hybridized carbons (Fsp3) is 0.677. The zero-order chi connectivity index (χ0) is 26.4. The van der Waals surface area contributed by atoms with Gasteiger partial charge in [-0.1, -0.05) is 133 Å². The first-order chi connectivity index (χ1) is 18.2. The summed E-state index contributed by atoms with van der Waals surface area (Å²) in [7, 11) is -3.75. The van der Waals surface area contributed by atoms with Gasteiger partial charge in [-0.15, -0.1) is 0 Å². The van der Waals surface area contributed by atoms with Crippen LogP contribution < -0.4 is 4.52 Å². The van der Waals surface area contributed by atoms with Crippen molar-refractivity contribution in [2.75, 3.05) is 26.4 Å². The van der Waals surface area contributed by atoms with Gasteiger partial charge in [0.1, 0.15) is 5.75 Å². The minimum atomic E-state index is -3.75. The number of hydrogen-bond acceptors (Lipinski definition) is 5. The van der Waals surface area contributed by atoms with Crippen molar-refractivity contribution in [2.24, 2.45) is 0 Å². The number of unbranched alkanes of at least 4 members (excludes halogenated alkanes) is 14. The average Bonchev–Trinajstić information content (AvgIpc) is 2.91. The van der Waals surface area contributed by atoms with Crippen molar-refractivity contribution in [2.45, 2.75) is 110 Å². The maximum atomic E-state index is 13.4. The molecule has 37 heavy (non-hydrogen) atoms. The van der Waals surface area contributed by atoms with E-state index in [1.54, 1.807) is 6.07 Å². The van der Waals surface area contributed by atoms with Crippen LogP contribution in [0.25, 0.3) is 10.8 Å². The van der Waals surface area contributed by atoms with Crippen LogP contribution in [0.3, 0.4) is 0 Å². The fourth-order valence-corrected chi connectivity index (χ4v) is 5.72. The van der Waals surface area contributed by atoms with E-state index in [1.165, 1.54) is 83.5 Å². The zero-order valence-corrected chi connectivity index (χ0v) is 24.4. The summed E-state index contributed by atoms with van der Waals surface area (Å²) in [6.07, 6.45) is 19.5. The molecular weight excluding hydrogens is 483 g/mol. The van der Waals surface area contributed by atoms with Crippen LogP contribution in [0.15, 0.2) is 42.5 Å². The highest BCUT2D eigenvalue weighted by molar-refractivity contribution is 7.48. The molecule has 0 fully saturated rings. The van der Waals surface area contributed by atoms with E-state index in [0.717, 1.165) is 23.6 Å². The van der Waals surface area contributed by atoms with Crippen LogP contribution in [0.2, 0.25) is 0 Å². The van der Waals surface area contributed by atoms with Crippen LogP contribution in [0.5, 0.6) is 5.75 Å². The van der Waals surface area contributed by atoms with Gasteiger partial charge in [-0.2, -0.15) is 0 Å². The number of hydrogen-bond donors (Lipinski definition) is 0. The predicted molar refractivity (Wildman–Crippen MR) is 156 cm³/mol. The van der Waals surface area contributed by atoms with Crippen LogP contribution in [-0.4, -0.2) is 26.4 Å². The number of phosphoric acid groups is 1. The predicted octanol–water partition coefficient (Wildman–Crippen LogP) is 10.3. The number of fused-ring (bicyclic) bond motifs is 1. The molecule has 2 rings (SSSR count). The van der Waals surface area contributed by atoms with E-state index in [-0.39, 0.29) is 6.61 Å². The number of ether oxygens (including phenoxy) is 1. The van der Waals surface area contributed by atoms with Gasteiger partial charge in [0, 0.05) is 12.0 Å². The molecule has 0 aromatic heterocycles. The second kappa shape index (κ2) is 20.6. The third-order valence-electron chi connectivity index (χ3n) is 6.64. The average molecular weight is 535 g/mol. The normalized spacial score (nSPS) is 13.1. The van der Waals surface area contributed by atoms with Gasteiger partial charge in [0.2, 0.25) is 0 Å². The lowest BCUT2D eigenvalue weighted by atomic mass is 10.0. The Hall–Kier alpha value is -1.39. The molecule has 0 radical (unpaired) electrons. The standard InChI is InChI=1S/C31H51O5P/c1-3-5-6-7-8-9-10-11-12-13-14-15-16-17-20-26-34-37(32,35-28-27-33-4-2)36-31-25-21-23-29-22-18-19-24-30(29)31/h18-19,21-25H,3-17,20,26-28H2,1-2H3. The lowest BCUT2D eigenvalue weighted by Gasteiger charge is -2.19. The van der Waals surface area contributed by atoms with Crippen molar-refractivity contribution < 1.29 is 22.9 Å². The molecule has 2 aromatic rings. The minimum absolute atomic E-state index is 0.161. The quantitative estimate of drug-likeness (QED) is 0.0990. The van der Waals surface area contributed by atoms with Crippen molar-refractivity contribution >= 4 is 18.6 Å². The van der Waals surface area contributed by atoms with Crippen molar-refractivity contribution in [3.8, 4) is 5.75 Å². The first-order valence-electron chi connectivity index (χ1n) is 14.8. The molecule has 1 unspecified atom stereocenters. The highest BCUT2D eigenvalue weighted by atomic mass is 31.2. The van der Waals surface area contributed by atoms with E-state index in [2.05, 4.69) is 6.92 Å². The number of benzene rings is 2. The largest absolute Gasteiger partial charge is 0.530 e. The smallest absolute Gasteiger partial charge is 0.403 e. The Morgan fingerprint density at radius 3 is 1.76 bits per heavy atom. The van der Waals surface area contributed by atoms with Crippen molar-refractivity contribution in [1.82, 2.24) is 0 Å². The molecule has 0 amide bonds. The van der Waals surface area contributed by atoms with E-state index in [4.69, 9.17) is 18.3 Å². The highest BCUT2D eigenvalue weighted by Gasteiger charge is 2.29. The van der Waals surface area contributed by atoms with E-state index >= 15 is 0 Å². The van der Waals surface area contributed by atoms with Gasteiger partial charge in [-0.3, -0.25) is 9.05 Å². The Morgan fingerprint density at radius 2 is 1.14 bits per heavy atom. The van der Waals surface area contributed by atoms with Crippen molar-refractivity contribution in [1.29, 1.82) is 0 Å².